The number of aromatic nitrogens is 1. The fourth-order valence-electron chi connectivity index (χ4n) is 2.16. The van der Waals surface area contributed by atoms with Gasteiger partial charge in [-0.15, -0.1) is 0 Å². The van der Waals surface area contributed by atoms with Crippen LogP contribution in [-0.2, 0) is 4.79 Å². The van der Waals surface area contributed by atoms with Gasteiger partial charge in [-0.3, -0.25) is 4.79 Å². The van der Waals surface area contributed by atoms with Gasteiger partial charge in [0.2, 0.25) is 5.91 Å². The highest BCUT2D eigenvalue weighted by atomic mass is 32.2. The van der Waals surface area contributed by atoms with Crippen molar-refractivity contribution >= 4 is 23.5 Å². The molecule has 1 N–H and O–H groups in total. The van der Waals surface area contributed by atoms with Crippen molar-refractivity contribution in [3.8, 4) is 0 Å². The van der Waals surface area contributed by atoms with Crippen LogP contribution in [0.5, 0.6) is 0 Å². The van der Waals surface area contributed by atoms with Crippen LogP contribution in [0.1, 0.15) is 19.3 Å². The van der Waals surface area contributed by atoms with Crippen LogP contribution in [0.2, 0.25) is 0 Å². The van der Waals surface area contributed by atoms with E-state index in [2.05, 4.69) is 15.2 Å². The lowest BCUT2D eigenvalue weighted by molar-refractivity contribution is -0.113. The monoisotopic (exact) mass is 279 g/mol. The minimum absolute atomic E-state index is 0.0299. The Morgan fingerprint density at radius 1 is 1.32 bits per heavy atom. The van der Waals surface area contributed by atoms with E-state index in [1.807, 2.05) is 12.1 Å². The summed E-state index contributed by atoms with van der Waals surface area (Å²) in [6.07, 6.45) is 5.70. The number of anilines is 1. The van der Waals surface area contributed by atoms with Crippen LogP contribution in [0, 0.1) is 0 Å². The van der Waals surface area contributed by atoms with Crippen LogP contribution in [0.4, 0.5) is 5.82 Å². The van der Waals surface area contributed by atoms with E-state index in [9.17, 15) is 4.79 Å². The predicted octanol–water partition coefficient (Wildman–Crippen LogP) is 2.24. The first-order valence-corrected chi connectivity index (χ1v) is 8.01. The summed E-state index contributed by atoms with van der Waals surface area (Å²) in [5, 5.41) is 2.80. The lowest BCUT2D eigenvalue weighted by atomic mass is 10.1. The maximum atomic E-state index is 11.7. The number of amides is 1. The molecule has 0 radical (unpaired) electrons. The quantitative estimate of drug-likeness (QED) is 0.811. The summed E-state index contributed by atoms with van der Waals surface area (Å²) in [4.78, 5) is 18.2. The van der Waals surface area contributed by atoms with Gasteiger partial charge in [0.05, 0.1) is 5.75 Å². The molecule has 0 saturated carbocycles. The molecule has 0 unspecified atom stereocenters. The molecule has 104 valence electrons. The highest BCUT2D eigenvalue weighted by molar-refractivity contribution is 7.99. The van der Waals surface area contributed by atoms with E-state index in [1.54, 1.807) is 24.0 Å². The molecule has 1 aliphatic heterocycles. The van der Waals surface area contributed by atoms with Crippen LogP contribution < -0.4 is 5.32 Å². The smallest absolute Gasteiger partial charge is 0.235 e. The zero-order valence-corrected chi connectivity index (χ0v) is 12.0. The van der Waals surface area contributed by atoms with Crippen molar-refractivity contribution in [3.05, 3.63) is 24.4 Å². The Labute approximate surface area is 119 Å². The molecule has 0 aromatic carbocycles. The average Bonchev–Trinajstić information content (AvgIpc) is 2.46. The maximum absolute atomic E-state index is 11.7. The zero-order chi connectivity index (χ0) is 13.3. The molecular formula is C14H21N3OS. The topological polar surface area (TPSA) is 45.2 Å². The third-order valence-corrected chi connectivity index (χ3v) is 4.10. The number of carbonyl (C=O) groups excluding carboxylic acids is 1. The third kappa shape index (κ3) is 5.61. The Morgan fingerprint density at radius 2 is 2.16 bits per heavy atom. The van der Waals surface area contributed by atoms with Crippen LogP contribution in [0.25, 0.3) is 0 Å². The average molecular weight is 279 g/mol. The van der Waals surface area contributed by atoms with Crippen LogP contribution in [-0.4, -0.2) is 46.9 Å². The van der Waals surface area contributed by atoms with Crippen molar-refractivity contribution in [2.75, 3.05) is 36.5 Å². The van der Waals surface area contributed by atoms with Crippen molar-refractivity contribution in [2.45, 2.75) is 19.3 Å². The van der Waals surface area contributed by atoms with E-state index in [-0.39, 0.29) is 5.91 Å². The molecular weight excluding hydrogens is 258 g/mol. The zero-order valence-electron chi connectivity index (χ0n) is 11.2. The number of thioether (sulfide) groups is 1. The molecule has 2 heterocycles. The van der Waals surface area contributed by atoms with Crippen LogP contribution in [0.3, 0.4) is 0 Å². The van der Waals surface area contributed by atoms with E-state index in [1.165, 1.54) is 32.4 Å². The number of pyridine rings is 1. The third-order valence-electron chi connectivity index (χ3n) is 3.17. The Hall–Kier alpha value is -1.07. The highest BCUT2D eigenvalue weighted by Gasteiger charge is 2.09. The van der Waals surface area contributed by atoms with Crippen molar-refractivity contribution in [3.63, 3.8) is 0 Å². The molecule has 1 amide bonds. The number of rotatable bonds is 6. The number of carbonyl (C=O) groups is 1. The first-order valence-electron chi connectivity index (χ1n) is 6.85. The Kier molecular flexibility index (Phi) is 6.17. The molecule has 0 spiro atoms. The second kappa shape index (κ2) is 8.17. The summed E-state index contributed by atoms with van der Waals surface area (Å²) in [5.74, 6) is 2.19. The Bertz CT molecular complexity index is 380. The SMILES string of the molecule is O=C(CSCCN1CCCCC1)Nc1ccccn1. The summed E-state index contributed by atoms with van der Waals surface area (Å²) in [5.41, 5.74) is 0. The number of hydrogen-bond donors (Lipinski definition) is 1. The first kappa shape index (κ1) is 14.3. The van der Waals surface area contributed by atoms with Gasteiger partial charge in [0.1, 0.15) is 5.82 Å². The summed E-state index contributed by atoms with van der Waals surface area (Å²) in [6.45, 7) is 3.54. The molecule has 0 bridgehead atoms. The van der Waals surface area contributed by atoms with Gasteiger partial charge < -0.3 is 10.2 Å². The van der Waals surface area contributed by atoms with Gasteiger partial charge in [-0.1, -0.05) is 12.5 Å². The second-order valence-electron chi connectivity index (χ2n) is 4.72. The summed E-state index contributed by atoms with van der Waals surface area (Å²) >= 11 is 1.69. The van der Waals surface area contributed by atoms with E-state index < -0.39 is 0 Å². The molecule has 1 fully saturated rings. The van der Waals surface area contributed by atoms with Gasteiger partial charge in [-0.25, -0.2) is 4.98 Å². The van der Waals surface area contributed by atoms with Gasteiger partial charge in [-0.2, -0.15) is 11.8 Å². The molecule has 1 saturated heterocycles. The second-order valence-corrected chi connectivity index (χ2v) is 5.82. The molecule has 0 aliphatic carbocycles. The lowest BCUT2D eigenvalue weighted by Gasteiger charge is -2.25. The predicted molar refractivity (Wildman–Crippen MR) is 80.5 cm³/mol. The van der Waals surface area contributed by atoms with Crippen molar-refractivity contribution < 1.29 is 4.79 Å². The van der Waals surface area contributed by atoms with Gasteiger partial charge in [0.25, 0.3) is 0 Å². The van der Waals surface area contributed by atoms with Crippen LogP contribution in [0.15, 0.2) is 24.4 Å². The molecule has 19 heavy (non-hydrogen) atoms. The number of hydrogen-bond acceptors (Lipinski definition) is 4. The maximum Gasteiger partial charge on any atom is 0.235 e. The van der Waals surface area contributed by atoms with E-state index >= 15 is 0 Å². The fourth-order valence-corrected chi connectivity index (χ4v) is 2.95. The summed E-state index contributed by atoms with van der Waals surface area (Å²) in [7, 11) is 0. The van der Waals surface area contributed by atoms with Crippen LogP contribution >= 0.6 is 11.8 Å². The molecule has 1 aromatic heterocycles. The standard InChI is InChI=1S/C14H21N3OS/c18-14(16-13-6-2-3-7-15-13)12-19-11-10-17-8-4-1-5-9-17/h2-3,6-7H,1,4-5,8-12H2,(H,15,16,18). The minimum Gasteiger partial charge on any atom is -0.310 e. The van der Waals surface area contributed by atoms with Gasteiger partial charge in [0.15, 0.2) is 0 Å². The lowest BCUT2D eigenvalue weighted by Crippen LogP contribution is -2.31. The highest BCUT2D eigenvalue weighted by Crippen LogP contribution is 2.10. The number of piperidine rings is 1. The van der Waals surface area contributed by atoms with Crippen molar-refractivity contribution in [1.82, 2.24) is 9.88 Å². The number of likely N-dealkylation sites (tertiary alicyclic amines) is 1. The number of nitrogens with zero attached hydrogens (tertiary/aromatic N) is 2. The first-order chi connectivity index (χ1) is 9.34. The summed E-state index contributed by atoms with van der Waals surface area (Å²) < 4.78 is 0. The van der Waals surface area contributed by atoms with E-state index in [0.717, 1.165) is 12.3 Å². The van der Waals surface area contributed by atoms with Gasteiger partial charge in [0, 0.05) is 18.5 Å². The molecule has 1 aliphatic rings. The van der Waals surface area contributed by atoms with E-state index in [4.69, 9.17) is 0 Å². The normalized spacial score (nSPS) is 16.2. The fraction of sp³-hybridized carbons (Fsp3) is 0.571. The largest absolute Gasteiger partial charge is 0.310 e. The molecule has 0 atom stereocenters. The molecule has 4 nitrogen and oxygen atoms in total. The molecule has 1 aromatic rings. The molecule has 2 rings (SSSR count). The van der Waals surface area contributed by atoms with Crippen molar-refractivity contribution in [1.29, 1.82) is 0 Å². The van der Waals surface area contributed by atoms with Gasteiger partial charge >= 0.3 is 0 Å². The van der Waals surface area contributed by atoms with Crippen molar-refractivity contribution in [2.24, 2.45) is 0 Å². The minimum atomic E-state index is 0.0299. The summed E-state index contributed by atoms with van der Waals surface area (Å²) in [6, 6.07) is 5.51. The van der Waals surface area contributed by atoms with Gasteiger partial charge in [-0.05, 0) is 38.1 Å². The Morgan fingerprint density at radius 3 is 2.89 bits per heavy atom. The Balaban J connectivity index is 1.56. The number of nitrogens with one attached hydrogen (secondary N) is 1. The van der Waals surface area contributed by atoms with E-state index in [0.29, 0.717) is 11.6 Å². The molecule has 5 heteroatoms.